The predicted molar refractivity (Wildman–Crippen MR) is 78.3 cm³/mol. The van der Waals surface area contributed by atoms with Crippen LogP contribution in [-0.4, -0.2) is 29.1 Å². The van der Waals surface area contributed by atoms with Crippen LogP contribution in [0.25, 0.3) is 0 Å². The summed E-state index contributed by atoms with van der Waals surface area (Å²) in [6.07, 6.45) is 0. The van der Waals surface area contributed by atoms with Gasteiger partial charge < -0.3 is 10.0 Å². The highest BCUT2D eigenvalue weighted by Crippen LogP contribution is 2.36. The number of nitro groups is 1. The number of aliphatic carboxylic acids is 1. The number of hydrogen-bond acceptors (Lipinski definition) is 4. The summed E-state index contributed by atoms with van der Waals surface area (Å²) < 4.78 is 0.809. The quantitative estimate of drug-likeness (QED) is 0.496. The lowest BCUT2D eigenvalue weighted by Crippen LogP contribution is -2.51. The first-order valence-electron chi connectivity index (χ1n) is 5.82. The van der Waals surface area contributed by atoms with Gasteiger partial charge in [-0.25, -0.2) is 0 Å². The van der Waals surface area contributed by atoms with E-state index in [-0.39, 0.29) is 11.6 Å². The Bertz CT molecular complexity index is 528. The number of nitro benzene ring substituents is 1. The van der Waals surface area contributed by atoms with E-state index in [9.17, 15) is 14.9 Å². The van der Waals surface area contributed by atoms with Crippen LogP contribution in [0.15, 0.2) is 18.2 Å². The second kappa shape index (κ2) is 5.32. The Kier molecular flexibility index (Phi) is 3.93. The summed E-state index contributed by atoms with van der Waals surface area (Å²) in [4.78, 5) is 23.4. The molecule has 1 aromatic rings. The number of carbonyl (C=O) groups is 1. The lowest BCUT2D eigenvalue weighted by atomic mass is 9.86. The van der Waals surface area contributed by atoms with Gasteiger partial charge in [-0.1, -0.05) is 6.92 Å². The van der Waals surface area contributed by atoms with Gasteiger partial charge in [-0.2, -0.15) is 0 Å². The summed E-state index contributed by atoms with van der Waals surface area (Å²) in [6, 6.07) is 5.07. The lowest BCUT2D eigenvalue weighted by Gasteiger charge is -2.42. The first-order valence-corrected chi connectivity index (χ1v) is 6.89. The average Bonchev–Trinajstić information content (AvgIpc) is 2.28. The van der Waals surface area contributed by atoms with Gasteiger partial charge >= 0.3 is 5.97 Å². The smallest absolute Gasteiger partial charge is 0.306 e. The van der Waals surface area contributed by atoms with Gasteiger partial charge in [0.1, 0.15) is 5.69 Å². The lowest BCUT2D eigenvalue weighted by molar-refractivity contribution is -0.384. The van der Waals surface area contributed by atoms with Crippen LogP contribution in [0.3, 0.4) is 0 Å². The summed E-state index contributed by atoms with van der Waals surface area (Å²) >= 11 is 2.03. The van der Waals surface area contributed by atoms with Crippen LogP contribution in [0.5, 0.6) is 0 Å². The summed E-state index contributed by atoms with van der Waals surface area (Å²) in [7, 11) is 0. The molecule has 0 amide bonds. The Labute approximate surface area is 123 Å². The fraction of sp³-hybridized carbons (Fsp3) is 0.417. The Morgan fingerprint density at radius 1 is 1.58 bits per heavy atom. The first-order chi connectivity index (χ1) is 8.90. The van der Waals surface area contributed by atoms with Crippen molar-refractivity contribution in [2.24, 2.45) is 11.8 Å². The molecule has 2 rings (SSSR count). The van der Waals surface area contributed by atoms with Gasteiger partial charge in [-0.15, -0.1) is 0 Å². The summed E-state index contributed by atoms with van der Waals surface area (Å²) in [5, 5.41) is 19.9. The van der Waals surface area contributed by atoms with Crippen LogP contribution in [0.1, 0.15) is 6.92 Å². The van der Waals surface area contributed by atoms with Gasteiger partial charge in [0.25, 0.3) is 5.69 Å². The van der Waals surface area contributed by atoms with Gasteiger partial charge in [0, 0.05) is 28.6 Å². The second-order valence-electron chi connectivity index (χ2n) is 4.68. The highest BCUT2D eigenvalue weighted by Gasteiger charge is 2.37. The number of carboxylic acids is 1. The van der Waals surface area contributed by atoms with Crippen molar-refractivity contribution in [3.63, 3.8) is 0 Å². The molecule has 1 aliphatic heterocycles. The summed E-state index contributed by atoms with van der Waals surface area (Å²) in [5.41, 5.74) is 0.646. The van der Waals surface area contributed by atoms with Crippen molar-refractivity contribution in [3.8, 4) is 0 Å². The van der Waals surface area contributed by atoms with Gasteiger partial charge in [-0.05, 0) is 34.7 Å². The predicted octanol–water partition coefficient (Wildman–Crippen LogP) is 2.36. The molecular formula is C12H13IN2O4. The molecule has 102 valence electrons. The maximum absolute atomic E-state index is 11.0. The van der Waals surface area contributed by atoms with E-state index in [1.54, 1.807) is 13.0 Å². The van der Waals surface area contributed by atoms with Crippen molar-refractivity contribution in [3.05, 3.63) is 31.9 Å². The van der Waals surface area contributed by atoms with Crippen LogP contribution in [0.2, 0.25) is 0 Å². The van der Waals surface area contributed by atoms with Crippen molar-refractivity contribution in [2.45, 2.75) is 6.92 Å². The van der Waals surface area contributed by atoms with Crippen LogP contribution in [-0.2, 0) is 4.79 Å². The van der Waals surface area contributed by atoms with Crippen molar-refractivity contribution >= 4 is 39.9 Å². The highest BCUT2D eigenvalue weighted by molar-refractivity contribution is 14.1. The van der Waals surface area contributed by atoms with Gasteiger partial charge in [0.05, 0.1) is 10.8 Å². The molecule has 0 radical (unpaired) electrons. The zero-order valence-corrected chi connectivity index (χ0v) is 12.4. The highest BCUT2D eigenvalue weighted by atomic mass is 127. The molecule has 7 heteroatoms. The van der Waals surface area contributed by atoms with E-state index in [1.807, 2.05) is 33.6 Å². The van der Waals surface area contributed by atoms with Crippen molar-refractivity contribution in [1.29, 1.82) is 0 Å². The largest absolute Gasteiger partial charge is 0.481 e. The minimum absolute atomic E-state index is 0.0522. The van der Waals surface area contributed by atoms with Crippen molar-refractivity contribution in [1.82, 2.24) is 0 Å². The molecule has 0 aromatic heterocycles. The molecule has 1 fully saturated rings. The van der Waals surface area contributed by atoms with E-state index < -0.39 is 16.8 Å². The molecule has 0 bridgehead atoms. The van der Waals surface area contributed by atoms with Crippen LogP contribution in [0, 0.1) is 25.5 Å². The van der Waals surface area contributed by atoms with E-state index in [0.717, 1.165) is 3.57 Å². The molecular weight excluding hydrogens is 363 g/mol. The topological polar surface area (TPSA) is 83.7 Å². The van der Waals surface area contributed by atoms with E-state index in [1.165, 1.54) is 6.07 Å². The fourth-order valence-electron chi connectivity index (χ4n) is 2.14. The van der Waals surface area contributed by atoms with Gasteiger partial charge in [-0.3, -0.25) is 14.9 Å². The van der Waals surface area contributed by atoms with Gasteiger partial charge in [0.15, 0.2) is 0 Å². The van der Waals surface area contributed by atoms with E-state index in [4.69, 9.17) is 5.11 Å². The van der Waals surface area contributed by atoms with Crippen LogP contribution >= 0.6 is 22.6 Å². The maximum atomic E-state index is 11.0. The molecule has 1 heterocycles. The number of rotatable bonds is 4. The average molecular weight is 376 g/mol. The van der Waals surface area contributed by atoms with E-state index in [2.05, 4.69) is 0 Å². The minimum Gasteiger partial charge on any atom is -0.481 e. The van der Waals surface area contributed by atoms with Crippen LogP contribution < -0.4 is 4.90 Å². The van der Waals surface area contributed by atoms with Crippen LogP contribution in [0.4, 0.5) is 11.4 Å². The molecule has 1 aliphatic rings. The van der Waals surface area contributed by atoms with Crippen molar-refractivity contribution < 1.29 is 14.8 Å². The van der Waals surface area contributed by atoms with Gasteiger partial charge in [0.2, 0.25) is 0 Å². The van der Waals surface area contributed by atoms with Crippen molar-refractivity contribution in [2.75, 3.05) is 18.0 Å². The number of halogens is 1. The normalized spacial score (nSPS) is 16.8. The molecule has 1 saturated heterocycles. The summed E-state index contributed by atoms with van der Waals surface area (Å²) in [6.45, 7) is 2.77. The number of carboxylic acid groups (broad SMARTS) is 1. The zero-order chi connectivity index (χ0) is 14.2. The number of benzene rings is 1. The maximum Gasteiger partial charge on any atom is 0.306 e. The minimum atomic E-state index is -0.818. The third-order valence-corrected chi connectivity index (χ3v) is 4.15. The molecule has 0 saturated carbocycles. The Balaban J connectivity index is 2.14. The standard InChI is InChI=1S/C12H13IN2O4/c1-7(12(16)17)8-5-14(6-8)10-3-2-9(13)4-11(10)15(18)19/h2-4,7-8H,5-6H2,1H3,(H,16,17). The number of nitrogens with zero attached hydrogens (tertiary/aromatic N) is 2. The first kappa shape index (κ1) is 14.0. The third kappa shape index (κ3) is 2.80. The molecule has 0 aliphatic carbocycles. The molecule has 1 unspecified atom stereocenters. The van der Waals surface area contributed by atoms with E-state index >= 15 is 0 Å². The summed E-state index contributed by atoms with van der Waals surface area (Å²) in [5.74, 6) is -1.18. The molecule has 6 nitrogen and oxygen atoms in total. The SMILES string of the molecule is CC(C(=O)O)C1CN(c2ccc(I)cc2[N+](=O)[O-])C1. The zero-order valence-electron chi connectivity index (χ0n) is 10.2. The molecule has 1 atom stereocenters. The second-order valence-corrected chi connectivity index (χ2v) is 5.93. The molecule has 1 N–H and O–H groups in total. The monoisotopic (exact) mass is 376 g/mol. The Morgan fingerprint density at radius 3 is 2.74 bits per heavy atom. The number of hydrogen-bond donors (Lipinski definition) is 1. The Hall–Kier alpha value is -1.38. The fourth-order valence-corrected chi connectivity index (χ4v) is 2.61. The van der Waals surface area contributed by atoms with E-state index in [0.29, 0.717) is 18.8 Å². The molecule has 0 spiro atoms. The molecule has 19 heavy (non-hydrogen) atoms. The third-order valence-electron chi connectivity index (χ3n) is 3.48. The molecule has 1 aromatic carbocycles. The number of anilines is 1. The Morgan fingerprint density at radius 2 is 2.21 bits per heavy atom.